The third-order valence-electron chi connectivity index (χ3n) is 6.84. The minimum absolute atomic E-state index is 0.103. The second-order valence-corrected chi connectivity index (χ2v) is 9.62. The first-order valence-corrected chi connectivity index (χ1v) is 12.5. The van der Waals surface area contributed by atoms with Crippen LogP contribution in [-0.4, -0.2) is 42.4 Å². The van der Waals surface area contributed by atoms with Crippen LogP contribution in [0.2, 0.25) is 5.02 Å². The normalized spacial score (nSPS) is 18.1. The minimum atomic E-state index is -0.362. The van der Waals surface area contributed by atoms with Crippen molar-refractivity contribution in [1.82, 2.24) is 4.90 Å². The van der Waals surface area contributed by atoms with Gasteiger partial charge in [0, 0.05) is 19.6 Å². The summed E-state index contributed by atoms with van der Waals surface area (Å²) in [6.07, 6.45) is 3.09. The van der Waals surface area contributed by atoms with Crippen LogP contribution in [0.15, 0.2) is 60.7 Å². The Morgan fingerprint density at radius 2 is 1.80 bits per heavy atom. The Bertz CT molecular complexity index is 1240. The van der Waals surface area contributed by atoms with Crippen molar-refractivity contribution in [3.63, 3.8) is 0 Å². The van der Waals surface area contributed by atoms with E-state index in [9.17, 15) is 13.9 Å². The van der Waals surface area contributed by atoms with Crippen LogP contribution in [-0.2, 0) is 6.42 Å². The van der Waals surface area contributed by atoms with Gasteiger partial charge in [0.2, 0.25) is 0 Å². The highest BCUT2D eigenvalue weighted by Gasteiger charge is 2.25. The van der Waals surface area contributed by atoms with Crippen LogP contribution in [0.3, 0.4) is 0 Å². The van der Waals surface area contributed by atoms with Gasteiger partial charge in [0.15, 0.2) is 0 Å². The largest absolute Gasteiger partial charge is 0.508 e. The highest BCUT2D eigenvalue weighted by atomic mass is 35.5. The number of ether oxygens (including phenoxy) is 1. The first kappa shape index (κ1) is 23.8. The molecule has 0 amide bonds. The fraction of sp³-hybridized carbons (Fsp3) is 0.310. The van der Waals surface area contributed by atoms with E-state index in [1.165, 1.54) is 12.1 Å². The lowest BCUT2D eigenvalue weighted by Crippen LogP contribution is -2.26. The molecule has 3 aromatic carbocycles. The monoisotopic (exact) mass is 495 g/mol. The molecule has 2 aliphatic rings. The SMILES string of the molecule is Oc1ccc2c(c1)CCC(c1ccc(F)cc1Cl)=C2c1ccc(O[C@H]2CCN(CCCF)C2)cc1. The van der Waals surface area contributed by atoms with Crippen molar-refractivity contribution in [2.45, 2.75) is 31.8 Å². The second kappa shape index (κ2) is 10.4. The van der Waals surface area contributed by atoms with E-state index in [0.717, 1.165) is 78.0 Å². The molecule has 0 radical (unpaired) electrons. The van der Waals surface area contributed by atoms with Crippen molar-refractivity contribution in [1.29, 1.82) is 0 Å². The average Bonchev–Trinajstić information content (AvgIpc) is 3.30. The van der Waals surface area contributed by atoms with Crippen LogP contribution in [0.25, 0.3) is 11.1 Å². The molecule has 0 unspecified atom stereocenters. The van der Waals surface area contributed by atoms with Gasteiger partial charge in [0.25, 0.3) is 0 Å². The van der Waals surface area contributed by atoms with E-state index >= 15 is 0 Å². The molecule has 0 spiro atoms. The number of aryl methyl sites for hydroxylation is 1. The summed E-state index contributed by atoms with van der Waals surface area (Å²) in [6, 6.07) is 18.0. The first-order chi connectivity index (χ1) is 17.0. The highest BCUT2D eigenvalue weighted by Crippen LogP contribution is 2.43. The third-order valence-corrected chi connectivity index (χ3v) is 7.16. The molecule has 0 aromatic heterocycles. The van der Waals surface area contributed by atoms with Crippen molar-refractivity contribution >= 4 is 22.7 Å². The summed E-state index contributed by atoms with van der Waals surface area (Å²) in [4.78, 5) is 2.25. The standard InChI is InChI=1S/C29H28ClF2NO2/c30-28-17-21(32)5-10-26(28)27-9-4-20-16-22(34)6-11-25(20)29(27)19-2-7-23(8-3-19)35-24-12-15-33(18-24)14-1-13-31/h2-3,5-8,10-11,16-17,24,34H,1,4,9,12-15,18H2/t24-/m0/s1. The lowest BCUT2D eigenvalue weighted by molar-refractivity contribution is 0.198. The smallest absolute Gasteiger partial charge is 0.124 e. The summed E-state index contributed by atoms with van der Waals surface area (Å²) in [6.45, 7) is 2.23. The molecule has 35 heavy (non-hydrogen) atoms. The number of rotatable bonds is 7. The number of benzene rings is 3. The van der Waals surface area contributed by atoms with Crippen molar-refractivity contribution < 1.29 is 18.6 Å². The van der Waals surface area contributed by atoms with Gasteiger partial charge in [0.05, 0.1) is 11.7 Å². The summed E-state index contributed by atoms with van der Waals surface area (Å²) >= 11 is 6.47. The first-order valence-electron chi connectivity index (χ1n) is 12.1. The number of hydrogen-bond donors (Lipinski definition) is 1. The topological polar surface area (TPSA) is 32.7 Å². The highest BCUT2D eigenvalue weighted by molar-refractivity contribution is 6.32. The predicted molar refractivity (Wildman–Crippen MR) is 136 cm³/mol. The zero-order valence-corrected chi connectivity index (χ0v) is 20.2. The summed E-state index contributed by atoms with van der Waals surface area (Å²) in [5.74, 6) is 0.681. The summed E-state index contributed by atoms with van der Waals surface area (Å²) < 4.78 is 32.4. The van der Waals surface area contributed by atoms with Crippen LogP contribution in [0, 0.1) is 5.82 Å². The minimum Gasteiger partial charge on any atom is -0.508 e. The molecule has 1 aliphatic carbocycles. The Morgan fingerprint density at radius 3 is 2.57 bits per heavy atom. The molecule has 3 aromatic rings. The Hall–Kier alpha value is -2.89. The van der Waals surface area contributed by atoms with E-state index in [-0.39, 0.29) is 24.3 Å². The molecular formula is C29H28ClF2NO2. The van der Waals surface area contributed by atoms with Gasteiger partial charge in [-0.3, -0.25) is 9.29 Å². The molecule has 0 saturated carbocycles. The lowest BCUT2D eigenvalue weighted by Gasteiger charge is -2.25. The third kappa shape index (κ3) is 5.21. The number of alkyl halides is 1. The summed E-state index contributed by atoms with van der Waals surface area (Å²) in [5, 5.41) is 10.4. The fourth-order valence-electron chi connectivity index (χ4n) is 5.18. The van der Waals surface area contributed by atoms with Crippen molar-refractivity contribution in [2.75, 3.05) is 26.3 Å². The zero-order chi connectivity index (χ0) is 24.4. The zero-order valence-electron chi connectivity index (χ0n) is 19.4. The van der Waals surface area contributed by atoms with Crippen LogP contribution in [0.4, 0.5) is 8.78 Å². The van der Waals surface area contributed by atoms with E-state index in [0.29, 0.717) is 11.4 Å². The Morgan fingerprint density at radius 1 is 1.00 bits per heavy atom. The van der Waals surface area contributed by atoms with Crippen LogP contribution < -0.4 is 4.74 Å². The number of allylic oxidation sites excluding steroid dienone is 1. The number of hydrogen-bond acceptors (Lipinski definition) is 3. The van der Waals surface area contributed by atoms with Gasteiger partial charge in [-0.25, -0.2) is 4.39 Å². The Kier molecular flexibility index (Phi) is 7.07. The molecular weight excluding hydrogens is 468 g/mol. The lowest BCUT2D eigenvalue weighted by atomic mass is 9.79. The van der Waals surface area contributed by atoms with Gasteiger partial charge >= 0.3 is 0 Å². The molecule has 1 fully saturated rings. The van der Waals surface area contributed by atoms with Crippen molar-refractivity contribution in [2.24, 2.45) is 0 Å². The maximum Gasteiger partial charge on any atom is 0.124 e. The van der Waals surface area contributed by atoms with E-state index in [1.807, 2.05) is 36.4 Å². The van der Waals surface area contributed by atoms with E-state index in [2.05, 4.69) is 4.90 Å². The van der Waals surface area contributed by atoms with Crippen molar-refractivity contribution in [3.05, 3.63) is 93.8 Å². The van der Waals surface area contributed by atoms with E-state index in [4.69, 9.17) is 16.3 Å². The molecule has 1 atom stereocenters. The molecule has 1 aliphatic heterocycles. The van der Waals surface area contributed by atoms with Gasteiger partial charge in [-0.2, -0.15) is 0 Å². The Labute approximate surface area is 209 Å². The van der Waals surface area contributed by atoms with Gasteiger partial charge < -0.3 is 9.84 Å². The Balaban J connectivity index is 1.46. The summed E-state index contributed by atoms with van der Waals surface area (Å²) in [5.41, 5.74) is 6.03. The molecule has 182 valence electrons. The van der Waals surface area contributed by atoms with E-state index in [1.54, 1.807) is 12.1 Å². The molecule has 1 N–H and O–H groups in total. The molecule has 3 nitrogen and oxygen atoms in total. The van der Waals surface area contributed by atoms with Gasteiger partial charge in [-0.15, -0.1) is 0 Å². The number of halogens is 3. The van der Waals surface area contributed by atoms with Gasteiger partial charge in [0.1, 0.15) is 23.4 Å². The summed E-state index contributed by atoms with van der Waals surface area (Å²) in [7, 11) is 0. The van der Waals surface area contributed by atoms with Crippen molar-refractivity contribution in [3.8, 4) is 11.5 Å². The van der Waals surface area contributed by atoms with Gasteiger partial charge in [-0.05, 0) is 95.5 Å². The fourth-order valence-corrected chi connectivity index (χ4v) is 5.47. The number of phenolic OH excluding ortho intramolecular Hbond substituents is 1. The molecule has 6 heteroatoms. The quantitative estimate of drug-likeness (QED) is 0.387. The number of fused-ring (bicyclic) bond motifs is 1. The maximum atomic E-state index is 13.8. The maximum absolute atomic E-state index is 13.8. The molecule has 1 heterocycles. The number of phenols is 1. The number of likely N-dealkylation sites (tertiary alicyclic amines) is 1. The average molecular weight is 496 g/mol. The van der Waals surface area contributed by atoms with Crippen LogP contribution >= 0.6 is 11.6 Å². The second-order valence-electron chi connectivity index (χ2n) is 9.22. The van der Waals surface area contributed by atoms with Gasteiger partial charge in [-0.1, -0.05) is 35.9 Å². The molecule has 0 bridgehead atoms. The van der Waals surface area contributed by atoms with E-state index < -0.39 is 0 Å². The molecule has 5 rings (SSSR count). The van der Waals surface area contributed by atoms with Crippen LogP contribution in [0.1, 0.15) is 41.5 Å². The number of aromatic hydroxyl groups is 1. The molecule has 1 saturated heterocycles. The number of nitrogens with zero attached hydrogens (tertiary/aromatic N) is 1. The van der Waals surface area contributed by atoms with Crippen LogP contribution in [0.5, 0.6) is 11.5 Å². The predicted octanol–water partition coefficient (Wildman–Crippen LogP) is 6.90.